The van der Waals surface area contributed by atoms with Gasteiger partial charge >= 0.3 is 0 Å². The summed E-state index contributed by atoms with van der Waals surface area (Å²) in [6.07, 6.45) is 0.109. The first-order valence-electron chi connectivity index (χ1n) is 9.46. The van der Waals surface area contributed by atoms with E-state index in [0.29, 0.717) is 22.4 Å². The van der Waals surface area contributed by atoms with E-state index >= 15 is 0 Å². The van der Waals surface area contributed by atoms with E-state index in [1.165, 1.54) is 18.5 Å². The predicted octanol–water partition coefficient (Wildman–Crippen LogP) is 2.18. The van der Waals surface area contributed by atoms with Gasteiger partial charge in [0, 0.05) is 30.2 Å². The molecule has 2 aromatic rings. The van der Waals surface area contributed by atoms with Crippen LogP contribution in [0.3, 0.4) is 0 Å². The van der Waals surface area contributed by atoms with Gasteiger partial charge in [0.15, 0.2) is 14.6 Å². The average Bonchev–Trinajstić information content (AvgIpc) is 3.20. The van der Waals surface area contributed by atoms with Crippen LogP contribution in [0.4, 0.5) is 4.39 Å². The molecule has 3 rings (SSSR count). The third-order valence-electron chi connectivity index (χ3n) is 5.50. The molecule has 166 valence electrons. The minimum absolute atomic E-state index is 0.0962. The van der Waals surface area contributed by atoms with E-state index in [1.54, 1.807) is 36.4 Å². The highest BCUT2D eigenvalue weighted by Gasteiger charge is 2.47. The summed E-state index contributed by atoms with van der Waals surface area (Å²) in [4.78, 5) is 17.3. The van der Waals surface area contributed by atoms with Gasteiger partial charge in [0.05, 0.1) is 12.3 Å². The fourth-order valence-corrected chi connectivity index (χ4v) is 4.26. The molecule has 1 amide bonds. The zero-order chi connectivity index (χ0) is 22.8. The number of nitrogens with one attached hydrogen (secondary N) is 1. The Bertz CT molecular complexity index is 1120. The molecule has 2 unspecified atom stereocenters. The van der Waals surface area contributed by atoms with Gasteiger partial charge in [0.2, 0.25) is 0 Å². The van der Waals surface area contributed by atoms with Crippen LogP contribution in [0.1, 0.15) is 30.9 Å². The summed E-state index contributed by atoms with van der Waals surface area (Å²) in [7, 11) is -3.87. The number of aliphatic hydroxyl groups is 1. The number of carbonyl (C=O) groups excluding carboxylic acids is 1. The molecule has 0 bridgehead atoms. The Balaban J connectivity index is 1.76. The number of aliphatic hydroxyl groups excluding tert-OH is 1. The SMILES string of the molecule is CC(CC1CC(c2ccc(-c3ccc(CO)cc3)c(F)c2)=NO1)(C(=O)NO)S(C)(=O)=O. The van der Waals surface area contributed by atoms with E-state index in [4.69, 9.17) is 15.2 Å². The molecule has 31 heavy (non-hydrogen) atoms. The first-order chi connectivity index (χ1) is 14.6. The third-order valence-corrected chi connectivity index (χ3v) is 7.49. The molecule has 0 spiro atoms. The summed E-state index contributed by atoms with van der Waals surface area (Å²) in [5.41, 5.74) is 4.05. The van der Waals surface area contributed by atoms with Gasteiger partial charge in [-0.15, -0.1) is 0 Å². The van der Waals surface area contributed by atoms with E-state index in [0.717, 1.165) is 11.8 Å². The Morgan fingerprint density at radius 2 is 1.90 bits per heavy atom. The molecule has 8 nitrogen and oxygen atoms in total. The van der Waals surface area contributed by atoms with E-state index in [2.05, 4.69) is 5.16 Å². The van der Waals surface area contributed by atoms with Crippen molar-refractivity contribution < 1.29 is 32.8 Å². The van der Waals surface area contributed by atoms with Crippen LogP contribution in [-0.2, 0) is 26.1 Å². The van der Waals surface area contributed by atoms with Crippen LogP contribution in [0.5, 0.6) is 0 Å². The van der Waals surface area contributed by atoms with Crippen LogP contribution in [0.2, 0.25) is 0 Å². The van der Waals surface area contributed by atoms with Crippen LogP contribution >= 0.6 is 0 Å². The Morgan fingerprint density at radius 1 is 1.26 bits per heavy atom. The summed E-state index contributed by atoms with van der Waals surface area (Å²) in [5, 5.41) is 22.0. The number of sulfone groups is 1. The van der Waals surface area contributed by atoms with Gasteiger partial charge in [-0.2, -0.15) is 0 Å². The molecule has 0 aliphatic carbocycles. The molecule has 10 heteroatoms. The molecule has 0 saturated carbocycles. The highest BCUT2D eigenvalue weighted by Crippen LogP contribution is 2.31. The molecule has 1 aliphatic rings. The van der Waals surface area contributed by atoms with Crippen molar-refractivity contribution in [1.29, 1.82) is 0 Å². The smallest absolute Gasteiger partial charge is 0.264 e. The minimum Gasteiger partial charge on any atom is -0.392 e. The normalized spacial score (nSPS) is 18.1. The summed E-state index contributed by atoms with van der Waals surface area (Å²) < 4.78 is 37.1. The molecule has 0 saturated heterocycles. The predicted molar refractivity (Wildman–Crippen MR) is 112 cm³/mol. The van der Waals surface area contributed by atoms with Crippen molar-refractivity contribution in [3.8, 4) is 11.1 Å². The summed E-state index contributed by atoms with van der Waals surface area (Å²) in [6.45, 7) is 1.10. The lowest BCUT2D eigenvalue weighted by atomic mass is 9.95. The van der Waals surface area contributed by atoms with Crippen LogP contribution in [0, 0.1) is 5.82 Å². The van der Waals surface area contributed by atoms with Crippen molar-refractivity contribution in [3.05, 3.63) is 59.4 Å². The minimum atomic E-state index is -3.87. The topological polar surface area (TPSA) is 125 Å². The van der Waals surface area contributed by atoms with Gasteiger partial charge in [0.25, 0.3) is 5.91 Å². The van der Waals surface area contributed by atoms with Gasteiger partial charge in [-0.05, 0) is 24.1 Å². The molecule has 0 radical (unpaired) electrons. The maximum Gasteiger partial charge on any atom is 0.264 e. The van der Waals surface area contributed by atoms with Crippen LogP contribution in [0.15, 0.2) is 47.6 Å². The highest BCUT2D eigenvalue weighted by molar-refractivity contribution is 7.92. The van der Waals surface area contributed by atoms with Gasteiger partial charge < -0.3 is 9.94 Å². The second kappa shape index (κ2) is 8.74. The van der Waals surface area contributed by atoms with Gasteiger partial charge in [-0.25, -0.2) is 18.3 Å². The average molecular weight is 450 g/mol. The molecule has 0 fully saturated rings. The molecule has 0 aromatic heterocycles. The van der Waals surface area contributed by atoms with E-state index in [9.17, 15) is 17.6 Å². The van der Waals surface area contributed by atoms with Gasteiger partial charge in [-0.3, -0.25) is 10.0 Å². The van der Waals surface area contributed by atoms with Crippen molar-refractivity contribution in [3.63, 3.8) is 0 Å². The number of carbonyl (C=O) groups is 1. The monoisotopic (exact) mass is 450 g/mol. The second-order valence-electron chi connectivity index (χ2n) is 7.67. The second-order valence-corrected chi connectivity index (χ2v) is 10.1. The summed E-state index contributed by atoms with van der Waals surface area (Å²) in [6, 6.07) is 11.5. The van der Waals surface area contributed by atoms with Crippen LogP contribution in [-0.4, -0.2) is 47.5 Å². The highest BCUT2D eigenvalue weighted by atomic mass is 32.2. The maximum absolute atomic E-state index is 14.7. The number of hydroxylamine groups is 1. The van der Waals surface area contributed by atoms with Crippen LogP contribution in [0.25, 0.3) is 11.1 Å². The van der Waals surface area contributed by atoms with Crippen molar-refractivity contribution in [1.82, 2.24) is 5.48 Å². The van der Waals surface area contributed by atoms with E-state index in [-0.39, 0.29) is 19.4 Å². The first kappa shape index (κ1) is 22.9. The van der Waals surface area contributed by atoms with E-state index in [1.807, 2.05) is 0 Å². The number of hydrogen-bond donors (Lipinski definition) is 3. The number of hydrogen-bond acceptors (Lipinski definition) is 7. The number of nitrogens with zero attached hydrogens (tertiary/aromatic N) is 1. The zero-order valence-electron chi connectivity index (χ0n) is 17.0. The molecule has 1 aliphatic heterocycles. The fourth-order valence-electron chi connectivity index (χ4n) is 3.39. The van der Waals surface area contributed by atoms with Crippen LogP contribution < -0.4 is 5.48 Å². The summed E-state index contributed by atoms with van der Waals surface area (Å²) in [5.74, 6) is -1.53. The lowest BCUT2D eigenvalue weighted by Gasteiger charge is -2.26. The zero-order valence-corrected chi connectivity index (χ0v) is 17.8. The fraction of sp³-hybridized carbons (Fsp3) is 0.333. The number of rotatable bonds is 7. The lowest BCUT2D eigenvalue weighted by Crippen LogP contribution is -2.51. The Labute approximate surface area is 179 Å². The largest absolute Gasteiger partial charge is 0.392 e. The lowest BCUT2D eigenvalue weighted by molar-refractivity contribution is -0.132. The Hall–Kier alpha value is -2.82. The molecular formula is C21H23FN2O6S. The van der Waals surface area contributed by atoms with Crippen molar-refractivity contribution >= 4 is 21.5 Å². The van der Waals surface area contributed by atoms with Gasteiger partial charge in [0.1, 0.15) is 11.9 Å². The standard InChI is InChI=1S/C21H23FN2O6S/c1-21(20(26)23-27,31(2,28)29)11-16-10-19(24-30-16)15-7-8-17(18(22)9-15)14-5-3-13(12-25)4-6-14/h3-9,16,25,27H,10-12H2,1-2H3,(H,23,26). The maximum atomic E-state index is 14.7. The quantitative estimate of drug-likeness (QED) is 0.439. The van der Waals surface area contributed by atoms with Crippen molar-refractivity contribution in [2.24, 2.45) is 5.16 Å². The van der Waals surface area contributed by atoms with Gasteiger partial charge in [-0.1, -0.05) is 41.6 Å². The molecular weight excluding hydrogens is 427 g/mol. The van der Waals surface area contributed by atoms with Crippen molar-refractivity contribution in [2.75, 3.05) is 6.26 Å². The number of halogens is 1. The summed E-state index contributed by atoms with van der Waals surface area (Å²) >= 11 is 0. The number of benzene rings is 2. The molecule has 2 atom stereocenters. The molecule has 2 aromatic carbocycles. The number of oxime groups is 1. The molecule has 1 heterocycles. The third kappa shape index (κ3) is 4.60. The number of amides is 1. The van der Waals surface area contributed by atoms with Crippen molar-refractivity contribution in [2.45, 2.75) is 37.2 Å². The Kier molecular flexibility index (Phi) is 6.44. The molecule has 3 N–H and O–H groups in total. The Morgan fingerprint density at radius 3 is 2.45 bits per heavy atom. The van der Waals surface area contributed by atoms with E-state index < -0.39 is 32.4 Å². The first-order valence-corrected chi connectivity index (χ1v) is 11.3.